The molecule has 596 valence electrons. The zero-order chi connectivity index (χ0) is 71.3. The van der Waals surface area contributed by atoms with Crippen molar-refractivity contribution in [1.29, 1.82) is 0 Å². The molecular formula is C96H198OSn2. The van der Waals surface area contributed by atoms with Gasteiger partial charge in [-0.3, -0.25) is 0 Å². The van der Waals surface area contributed by atoms with Gasteiger partial charge in [0.2, 0.25) is 0 Å². The van der Waals surface area contributed by atoms with Crippen LogP contribution in [0.2, 0.25) is 26.6 Å². The van der Waals surface area contributed by atoms with Gasteiger partial charge >= 0.3 is 489 Å². The maximum absolute atomic E-state index is 9.13. The van der Waals surface area contributed by atoms with Crippen molar-refractivity contribution < 1.29 is 1.41 Å². The van der Waals surface area contributed by atoms with Crippen molar-refractivity contribution in [1.82, 2.24) is 0 Å². The Kier molecular flexibility index (Phi) is 89.9. The van der Waals surface area contributed by atoms with E-state index in [2.05, 4.69) is 41.5 Å². The fraction of sp³-hybridized carbons (Fsp3) is 1.00. The summed E-state index contributed by atoms with van der Waals surface area (Å²) in [6, 6.07) is 0. The predicted octanol–water partition coefficient (Wildman–Crippen LogP) is 37.8. The van der Waals surface area contributed by atoms with Crippen molar-refractivity contribution in [3.8, 4) is 0 Å². The summed E-state index contributed by atoms with van der Waals surface area (Å²) in [4.78, 5) is 0. The molecule has 0 aromatic heterocycles. The molecule has 0 N–H and O–H groups in total. The van der Waals surface area contributed by atoms with Crippen LogP contribution >= 0.6 is 0 Å². The Morgan fingerprint density at radius 2 is 0.172 bits per heavy atom. The second-order valence-electron chi connectivity index (χ2n) is 34.5. The molecule has 0 radical (unpaired) electrons. The fourth-order valence-electron chi connectivity index (χ4n) is 17.4. The van der Waals surface area contributed by atoms with Crippen LogP contribution in [0.4, 0.5) is 0 Å². The molecule has 0 aliphatic rings. The van der Waals surface area contributed by atoms with Crippen molar-refractivity contribution in [3.05, 3.63) is 0 Å². The molecule has 0 rings (SSSR count). The van der Waals surface area contributed by atoms with Gasteiger partial charge in [-0.05, 0) is 0 Å². The van der Waals surface area contributed by atoms with Gasteiger partial charge in [-0.25, -0.2) is 0 Å². The summed E-state index contributed by atoms with van der Waals surface area (Å²) in [5, 5.41) is 0. The van der Waals surface area contributed by atoms with Crippen LogP contribution in [0.3, 0.4) is 0 Å². The van der Waals surface area contributed by atoms with Crippen molar-refractivity contribution in [2.24, 2.45) is 0 Å². The predicted molar refractivity (Wildman–Crippen MR) is 463 cm³/mol. The van der Waals surface area contributed by atoms with E-state index in [1.165, 1.54) is 539 Å². The van der Waals surface area contributed by atoms with Gasteiger partial charge in [-0.15, -0.1) is 0 Å². The zero-order valence-corrected chi connectivity index (χ0v) is 76.8. The number of unbranched alkanes of at least 4 members (excludes halogenated alkanes) is 78. The number of rotatable bonds is 92. The summed E-state index contributed by atoms with van der Waals surface area (Å²) in [6.07, 6.45) is 125. The van der Waals surface area contributed by atoms with Crippen LogP contribution in [-0.4, -0.2) is 37.6 Å². The van der Waals surface area contributed by atoms with Crippen LogP contribution in [0.25, 0.3) is 0 Å². The molecule has 0 fully saturated rings. The van der Waals surface area contributed by atoms with Crippen LogP contribution in [0.15, 0.2) is 0 Å². The Balaban J connectivity index is 6.78. The van der Waals surface area contributed by atoms with E-state index in [9.17, 15) is 0 Å². The van der Waals surface area contributed by atoms with Crippen LogP contribution < -0.4 is 0 Å². The van der Waals surface area contributed by atoms with Gasteiger partial charge in [0.05, 0.1) is 0 Å². The third-order valence-electron chi connectivity index (χ3n) is 24.3. The van der Waals surface area contributed by atoms with Crippen LogP contribution in [0.1, 0.15) is 581 Å². The smallest absolute Gasteiger partial charge is 0.0654 e. The van der Waals surface area contributed by atoms with Gasteiger partial charge in [-0.2, -0.15) is 0 Å². The number of hydrogen-bond acceptors (Lipinski definition) is 1. The summed E-state index contributed by atoms with van der Waals surface area (Å²) in [5.41, 5.74) is 0. The van der Waals surface area contributed by atoms with Gasteiger partial charge in [0.15, 0.2) is 0 Å². The van der Waals surface area contributed by atoms with Crippen LogP contribution in [0.5, 0.6) is 0 Å². The molecule has 0 amide bonds. The summed E-state index contributed by atoms with van der Waals surface area (Å²) in [7, 11) is 0. The van der Waals surface area contributed by atoms with E-state index >= 15 is 0 Å². The Hall–Kier alpha value is 1.56. The third-order valence-corrected chi connectivity index (χ3v) is 65.1. The zero-order valence-electron chi connectivity index (χ0n) is 71.0. The molecule has 1 nitrogen and oxygen atoms in total. The van der Waals surface area contributed by atoms with Crippen molar-refractivity contribution in [2.45, 2.75) is 608 Å². The van der Waals surface area contributed by atoms with Crippen molar-refractivity contribution in [2.75, 3.05) is 0 Å². The minimum atomic E-state index is -3.05. The number of hydrogen-bond donors (Lipinski definition) is 0. The standard InChI is InChI=1S/6C16H33.O.2Sn/c6*1-3-5-7-9-11-13-15-16-14-12-10-8-6-4-2;;;/h6*1,3-16H2,2H3;;;. The molecule has 0 aliphatic heterocycles. The molecule has 0 aromatic carbocycles. The molecule has 0 spiro atoms. The minimum absolute atomic E-state index is 1.37. The second kappa shape index (κ2) is 88.5. The first-order valence-corrected chi connectivity index (χ1v) is 63.2. The van der Waals surface area contributed by atoms with Gasteiger partial charge in [0.25, 0.3) is 0 Å². The monoisotopic (exact) mass is 1610 g/mol. The van der Waals surface area contributed by atoms with Crippen LogP contribution in [0, 0.1) is 0 Å². The average molecular weight is 1610 g/mol. The van der Waals surface area contributed by atoms with E-state index in [1.54, 1.807) is 26.6 Å². The maximum atomic E-state index is 9.13. The Morgan fingerprint density at radius 3 is 0.253 bits per heavy atom. The van der Waals surface area contributed by atoms with Gasteiger partial charge in [-0.1, -0.05) is 157 Å². The Bertz CT molecular complexity index is 1140. The molecule has 3 heteroatoms. The first-order chi connectivity index (χ1) is 49.1. The molecule has 0 heterocycles. The Morgan fingerprint density at radius 1 is 0.101 bits per heavy atom. The molecule has 99 heavy (non-hydrogen) atoms. The molecule has 0 saturated heterocycles. The SMILES string of the molecule is CCCCCCCCCCCCCCC[CH2][Sn]([CH2]CCCCCCCCCCCCCCC)([CH2]CCCCCCCCCCCCCCC)[O][Sn]([CH2]CCCCCCCCCCCCCCC)([CH2]CCCCCCCCCCCCCCC)[CH2]CCCCCCCCCCCCCCC. The van der Waals surface area contributed by atoms with E-state index in [0.717, 1.165) is 0 Å². The first kappa shape index (κ1) is 101. The summed E-state index contributed by atoms with van der Waals surface area (Å²) in [6.45, 7) is 14.1. The van der Waals surface area contributed by atoms with Crippen molar-refractivity contribution >= 4 is 37.6 Å². The van der Waals surface area contributed by atoms with E-state index in [4.69, 9.17) is 1.41 Å². The summed E-state index contributed by atoms with van der Waals surface area (Å²) >= 11 is -6.11. The Labute approximate surface area is 641 Å². The third kappa shape index (κ3) is 78.9. The van der Waals surface area contributed by atoms with E-state index < -0.39 is 37.6 Å². The van der Waals surface area contributed by atoms with Gasteiger partial charge in [0, 0.05) is 0 Å². The van der Waals surface area contributed by atoms with Gasteiger partial charge in [0.1, 0.15) is 0 Å². The average Bonchev–Trinajstić information content (AvgIpc) is 0.828. The minimum Gasteiger partial charge on any atom is -0.0654 e. The summed E-state index contributed by atoms with van der Waals surface area (Å²) in [5.74, 6) is 0. The second-order valence-corrected chi connectivity index (χ2v) is 61.1. The molecular weight excluding hydrogens is 1410 g/mol. The fourth-order valence-corrected chi connectivity index (χ4v) is 70.6. The van der Waals surface area contributed by atoms with E-state index in [0.29, 0.717) is 0 Å². The molecule has 0 aliphatic carbocycles. The first-order valence-electron chi connectivity index (χ1n) is 48.8. The molecule has 0 aromatic rings. The summed E-state index contributed by atoms with van der Waals surface area (Å²) < 4.78 is 18.8. The normalized spacial score (nSPS) is 12.2. The van der Waals surface area contributed by atoms with E-state index in [-0.39, 0.29) is 0 Å². The van der Waals surface area contributed by atoms with Crippen molar-refractivity contribution in [3.63, 3.8) is 0 Å². The molecule has 0 bridgehead atoms. The quantitative estimate of drug-likeness (QED) is 0.0436. The van der Waals surface area contributed by atoms with Gasteiger partial charge < -0.3 is 0 Å². The topological polar surface area (TPSA) is 9.23 Å². The van der Waals surface area contributed by atoms with E-state index in [1.807, 2.05) is 0 Å². The molecule has 0 unspecified atom stereocenters. The van der Waals surface area contributed by atoms with Crippen LogP contribution in [-0.2, 0) is 1.41 Å². The molecule has 0 saturated carbocycles. The molecule has 0 atom stereocenters.